The van der Waals surface area contributed by atoms with Gasteiger partial charge in [-0.25, -0.2) is 4.72 Å². The van der Waals surface area contributed by atoms with Crippen molar-refractivity contribution >= 4 is 29.5 Å². The molecule has 0 fully saturated rings. The molecule has 0 bridgehead atoms. The third-order valence-electron chi connectivity index (χ3n) is 1.56. The smallest absolute Gasteiger partial charge is 0.318 e. The van der Waals surface area contributed by atoms with Crippen molar-refractivity contribution in [1.82, 2.24) is 4.72 Å². The topological polar surface area (TPSA) is 49.3 Å². The molecule has 1 aromatic carbocycles. The van der Waals surface area contributed by atoms with Gasteiger partial charge in [-0.3, -0.25) is 4.79 Å². The van der Waals surface area contributed by atoms with Crippen LogP contribution < -0.4 is 4.72 Å². The van der Waals surface area contributed by atoms with Gasteiger partial charge >= 0.3 is 5.97 Å². The predicted molar refractivity (Wildman–Crippen MR) is 57.7 cm³/mol. The lowest BCUT2D eigenvalue weighted by atomic mass is 10.2. The number of carboxylic acids is 1. The van der Waals surface area contributed by atoms with E-state index < -0.39 is 5.97 Å². The molecule has 76 valence electrons. The molecule has 0 aliphatic heterocycles. The van der Waals surface area contributed by atoms with E-state index in [0.717, 1.165) is 10.5 Å². The second-order valence-corrected chi connectivity index (χ2v) is 4.10. The molecule has 0 unspecified atom stereocenters. The second-order valence-electron chi connectivity index (χ2n) is 2.73. The maximum atomic E-state index is 10.2. The van der Waals surface area contributed by atoms with Gasteiger partial charge in [-0.05, 0) is 36.6 Å². The Kier molecular flexibility index (Phi) is 4.25. The molecule has 5 heteroatoms. The van der Waals surface area contributed by atoms with Gasteiger partial charge in [0.25, 0.3) is 0 Å². The average Bonchev–Trinajstić information content (AvgIpc) is 2.10. The number of nitrogens with one attached hydrogen (secondary N) is 1. The van der Waals surface area contributed by atoms with E-state index >= 15 is 0 Å². The molecule has 0 aliphatic rings. The minimum Gasteiger partial charge on any atom is -0.480 e. The third kappa shape index (κ3) is 3.57. The molecule has 1 aromatic rings. The van der Waals surface area contributed by atoms with Crippen LogP contribution in [0, 0.1) is 6.92 Å². The van der Waals surface area contributed by atoms with Crippen molar-refractivity contribution in [1.29, 1.82) is 0 Å². The summed E-state index contributed by atoms with van der Waals surface area (Å²) in [6, 6.07) is 5.59. The molecular weight excluding hydrogens is 222 g/mol. The van der Waals surface area contributed by atoms with E-state index in [-0.39, 0.29) is 6.54 Å². The molecule has 0 aromatic heterocycles. The summed E-state index contributed by atoms with van der Waals surface area (Å²) in [5.41, 5.74) is 1.01. The second kappa shape index (κ2) is 5.24. The molecule has 0 heterocycles. The van der Waals surface area contributed by atoms with E-state index in [1.807, 2.05) is 19.1 Å². The van der Waals surface area contributed by atoms with Gasteiger partial charge in [-0.15, -0.1) is 0 Å². The van der Waals surface area contributed by atoms with Crippen LogP contribution in [0.3, 0.4) is 0 Å². The number of rotatable bonds is 4. The summed E-state index contributed by atoms with van der Waals surface area (Å²) < 4.78 is 2.71. The monoisotopic (exact) mass is 231 g/mol. The Labute approximate surface area is 91.6 Å². The highest BCUT2D eigenvalue weighted by Crippen LogP contribution is 2.22. The van der Waals surface area contributed by atoms with Crippen LogP contribution in [-0.4, -0.2) is 17.6 Å². The zero-order valence-corrected chi connectivity index (χ0v) is 9.15. The number of carboxylic acid groups (broad SMARTS) is 1. The normalized spacial score (nSPS) is 10.1. The summed E-state index contributed by atoms with van der Waals surface area (Å²) in [4.78, 5) is 11.1. The van der Waals surface area contributed by atoms with Gasteiger partial charge in [0.15, 0.2) is 0 Å². The van der Waals surface area contributed by atoms with Crippen LogP contribution in [0.4, 0.5) is 0 Å². The first-order valence-corrected chi connectivity index (χ1v) is 5.16. The Morgan fingerprint density at radius 3 is 2.93 bits per heavy atom. The first-order valence-electron chi connectivity index (χ1n) is 3.97. The van der Waals surface area contributed by atoms with Crippen molar-refractivity contribution in [2.75, 3.05) is 6.54 Å². The van der Waals surface area contributed by atoms with Gasteiger partial charge in [0, 0.05) is 9.92 Å². The fourth-order valence-corrected chi connectivity index (χ4v) is 1.74. The van der Waals surface area contributed by atoms with Gasteiger partial charge in [-0.1, -0.05) is 17.7 Å². The quantitative estimate of drug-likeness (QED) is 0.781. The number of carbonyl (C=O) groups is 1. The number of aliphatic carboxylic acids is 1. The summed E-state index contributed by atoms with van der Waals surface area (Å²) in [7, 11) is 0. The van der Waals surface area contributed by atoms with Crippen molar-refractivity contribution in [2.24, 2.45) is 0 Å². The molecule has 2 N–H and O–H groups in total. The largest absolute Gasteiger partial charge is 0.480 e. The highest BCUT2D eigenvalue weighted by molar-refractivity contribution is 7.97. The molecule has 0 atom stereocenters. The van der Waals surface area contributed by atoms with Crippen LogP contribution in [0.5, 0.6) is 0 Å². The van der Waals surface area contributed by atoms with Crippen LogP contribution in [0.2, 0.25) is 5.02 Å². The summed E-state index contributed by atoms with van der Waals surface area (Å²) in [6.45, 7) is 1.84. The van der Waals surface area contributed by atoms with Crippen LogP contribution in [-0.2, 0) is 4.79 Å². The number of halogens is 1. The predicted octanol–water partition coefficient (Wildman–Crippen LogP) is 2.33. The van der Waals surface area contributed by atoms with E-state index in [1.54, 1.807) is 6.07 Å². The number of hydrogen-bond donors (Lipinski definition) is 2. The lowest BCUT2D eigenvalue weighted by Crippen LogP contribution is -2.15. The van der Waals surface area contributed by atoms with E-state index in [1.165, 1.54) is 11.9 Å². The first kappa shape index (κ1) is 11.4. The Morgan fingerprint density at radius 1 is 1.64 bits per heavy atom. The maximum Gasteiger partial charge on any atom is 0.318 e. The zero-order chi connectivity index (χ0) is 10.6. The Balaban J connectivity index is 2.51. The van der Waals surface area contributed by atoms with Crippen LogP contribution in [0.15, 0.2) is 23.1 Å². The van der Waals surface area contributed by atoms with E-state index in [4.69, 9.17) is 16.7 Å². The first-order chi connectivity index (χ1) is 6.59. The third-order valence-corrected chi connectivity index (χ3v) is 2.74. The van der Waals surface area contributed by atoms with Crippen molar-refractivity contribution in [2.45, 2.75) is 11.8 Å². The SMILES string of the molecule is Cc1ccc(SNCC(=O)O)cc1Cl. The highest BCUT2D eigenvalue weighted by atomic mass is 35.5. The molecule has 0 spiro atoms. The van der Waals surface area contributed by atoms with Gasteiger partial charge in [0.2, 0.25) is 0 Å². The minimum atomic E-state index is -0.879. The average molecular weight is 232 g/mol. The molecule has 0 aliphatic carbocycles. The van der Waals surface area contributed by atoms with Crippen molar-refractivity contribution in [3.63, 3.8) is 0 Å². The number of aryl methyl sites for hydroxylation is 1. The summed E-state index contributed by atoms with van der Waals surface area (Å²) in [5.74, 6) is -0.879. The lowest BCUT2D eigenvalue weighted by Gasteiger charge is -2.03. The summed E-state index contributed by atoms with van der Waals surface area (Å²) in [6.07, 6.45) is 0. The molecule has 0 amide bonds. The molecule has 3 nitrogen and oxygen atoms in total. The lowest BCUT2D eigenvalue weighted by molar-refractivity contribution is -0.135. The van der Waals surface area contributed by atoms with Gasteiger partial charge in [0.1, 0.15) is 6.54 Å². The van der Waals surface area contributed by atoms with Crippen LogP contribution >= 0.6 is 23.5 Å². The fraction of sp³-hybridized carbons (Fsp3) is 0.222. The Hall–Kier alpha value is -0.710. The van der Waals surface area contributed by atoms with Crippen LogP contribution in [0.25, 0.3) is 0 Å². The van der Waals surface area contributed by atoms with E-state index in [2.05, 4.69) is 4.72 Å². The Morgan fingerprint density at radius 2 is 2.36 bits per heavy atom. The molecular formula is C9H10ClNO2S. The van der Waals surface area contributed by atoms with E-state index in [9.17, 15) is 4.79 Å². The summed E-state index contributed by atoms with van der Waals surface area (Å²) in [5, 5.41) is 9.08. The van der Waals surface area contributed by atoms with Gasteiger partial charge in [-0.2, -0.15) is 0 Å². The van der Waals surface area contributed by atoms with Crippen molar-refractivity contribution in [3.05, 3.63) is 28.8 Å². The molecule has 0 radical (unpaired) electrons. The standard InChI is InChI=1S/C9H10ClNO2S/c1-6-2-3-7(4-8(6)10)14-11-5-9(12)13/h2-4,11H,5H2,1H3,(H,12,13). The van der Waals surface area contributed by atoms with Gasteiger partial charge in [0.05, 0.1) is 0 Å². The van der Waals surface area contributed by atoms with Gasteiger partial charge < -0.3 is 5.11 Å². The Bertz CT molecular complexity index is 344. The fourth-order valence-electron chi connectivity index (χ4n) is 0.818. The van der Waals surface area contributed by atoms with Crippen LogP contribution in [0.1, 0.15) is 5.56 Å². The zero-order valence-electron chi connectivity index (χ0n) is 7.58. The van der Waals surface area contributed by atoms with E-state index in [0.29, 0.717) is 5.02 Å². The van der Waals surface area contributed by atoms with Crippen molar-refractivity contribution in [3.8, 4) is 0 Å². The maximum absolute atomic E-state index is 10.2. The summed E-state index contributed by atoms with van der Waals surface area (Å²) >= 11 is 7.15. The molecule has 1 rings (SSSR count). The number of benzene rings is 1. The highest BCUT2D eigenvalue weighted by Gasteiger charge is 2.00. The number of hydrogen-bond acceptors (Lipinski definition) is 3. The molecule has 14 heavy (non-hydrogen) atoms. The van der Waals surface area contributed by atoms with Crippen molar-refractivity contribution < 1.29 is 9.90 Å². The molecule has 0 saturated heterocycles. The minimum absolute atomic E-state index is 0.0733. The molecule has 0 saturated carbocycles.